The summed E-state index contributed by atoms with van der Waals surface area (Å²) < 4.78 is 47.6. The molecule has 3 rings (SSSR count). The Morgan fingerprint density at radius 2 is 1.62 bits per heavy atom. The van der Waals surface area contributed by atoms with Gasteiger partial charge in [-0.05, 0) is 42.8 Å². The Labute approximate surface area is 200 Å². The molecule has 0 aromatic heterocycles. The first-order valence-electron chi connectivity index (χ1n) is 10.6. The first-order chi connectivity index (χ1) is 16.1. The van der Waals surface area contributed by atoms with Crippen molar-refractivity contribution in [3.63, 3.8) is 0 Å². The number of amides is 1. The third-order valence-corrected chi connectivity index (χ3v) is 7.16. The number of ether oxygens (including phenoxy) is 1. The predicted molar refractivity (Wildman–Crippen MR) is 131 cm³/mol. The fraction of sp³-hybridized carbons (Fsp3) is 0.240. The minimum Gasteiger partial charge on any atom is -0.496 e. The van der Waals surface area contributed by atoms with Crippen molar-refractivity contribution >= 4 is 21.8 Å². The molecule has 0 spiro atoms. The maximum absolute atomic E-state index is 14.4. The molecular weight excluding hydrogens is 457 g/mol. The highest BCUT2D eigenvalue weighted by molar-refractivity contribution is 7.90. The molecule has 0 saturated carbocycles. The number of methoxy groups -OCH3 is 1. The first-order valence-corrected chi connectivity index (χ1v) is 12.0. The van der Waals surface area contributed by atoms with Crippen LogP contribution in [0.2, 0.25) is 0 Å². The monoisotopic (exact) mass is 485 g/mol. The van der Waals surface area contributed by atoms with Crippen molar-refractivity contribution in [1.82, 2.24) is 9.62 Å². The largest absolute Gasteiger partial charge is 0.496 e. The fourth-order valence-corrected chi connectivity index (χ4v) is 4.55. The Morgan fingerprint density at radius 1 is 1.00 bits per heavy atom. The molecule has 7 nitrogen and oxygen atoms in total. The number of hydrogen-bond acceptors (Lipinski definition) is 4. The molecule has 34 heavy (non-hydrogen) atoms. The maximum atomic E-state index is 14.4. The van der Waals surface area contributed by atoms with Crippen LogP contribution in [0.5, 0.6) is 5.75 Å². The lowest BCUT2D eigenvalue weighted by Crippen LogP contribution is -2.40. The van der Waals surface area contributed by atoms with E-state index < -0.39 is 16.0 Å². The van der Waals surface area contributed by atoms with Gasteiger partial charge in [-0.2, -0.15) is 12.7 Å². The standard InChI is InChI=1S/C25H28FN3O4S/c1-18(21-9-5-8-12-24(21)33-4)27-25(30)20-15-13-19(14-16-20)17-29(34(31,32)28(2)3)23-11-7-6-10-22(23)26/h5-16,18H,17H2,1-4H3,(H,27,30)/t18-/m0/s1. The predicted octanol–water partition coefficient (Wildman–Crippen LogP) is 4.14. The van der Waals surface area contributed by atoms with E-state index in [1.54, 1.807) is 37.4 Å². The lowest BCUT2D eigenvalue weighted by molar-refractivity contribution is 0.0939. The molecule has 3 aromatic rings. The summed E-state index contributed by atoms with van der Waals surface area (Å²) in [6.45, 7) is 1.77. The third kappa shape index (κ3) is 5.55. The molecule has 9 heteroatoms. The van der Waals surface area contributed by atoms with E-state index in [9.17, 15) is 17.6 Å². The molecule has 180 valence electrons. The van der Waals surface area contributed by atoms with Crippen LogP contribution in [0.3, 0.4) is 0 Å². The molecule has 0 fully saturated rings. The van der Waals surface area contributed by atoms with E-state index in [0.717, 1.165) is 14.2 Å². The number of anilines is 1. The Morgan fingerprint density at radius 3 is 2.24 bits per heavy atom. The molecular formula is C25H28FN3O4S. The van der Waals surface area contributed by atoms with Crippen molar-refractivity contribution in [3.05, 3.63) is 95.3 Å². The van der Waals surface area contributed by atoms with Crippen LogP contribution < -0.4 is 14.4 Å². The molecule has 0 saturated heterocycles. The van der Waals surface area contributed by atoms with Gasteiger partial charge in [0.25, 0.3) is 5.91 Å². The number of rotatable bonds is 9. The van der Waals surface area contributed by atoms with Gasteiger partial charge in [0, 0.05) is 25.2 Å². The van der Waals surface area contributed by atoms with Crippen LogP contribution >= 0.6 is 0 Å². The van der Waals surface area contributed by atoms with E-state index in [4.69, 9.17) is 4.74 Å². The number of carbonyl (C=O) groups is 1. The van der Waals surface area contributed by atoms with Gasteiger partial charge in [-0.15, -0.1) is 0 Å². The number of hydrogen-bond donors (Lipinski definition) is 1. The van der Waals surface area contributed by atoms with Crippen LogP contribution in [0.1, 0.15) is 34.5 Å². The average molecular weight is 486 g/mol. The Bertz CT molecular complexity index is 1250. The van der Waals surface area contributed by atoms with Crippen LogP contribution in [-0.4, -0.2) is 39.8 Å². The minimum absolute atomic E-state index is 0.0522. The number of nitrogens with zero attached hydrogens (tertiary/aromatic N) is 2. The van der Waals surface area contributed by atoms with Crippen molar-refractivity contribution in [1.29, 1.82) is 0 Å². The van der Waals surface area contributed by atoms with Crippen molar-refractivity contribution < 1.29 is 22.3 Å². The molecule has 0 aliphatic heterocycles. The summed E-state index contributed by atoms with van der Waals surface area (Å²) in [6, 6.07) is 19.4. The second-order valence-corrected chi connectivity index (χ2v) is 9.95. The van der Waals surface area contributed by atoms with Crippen molar-refractivity contribution in [2.45, 2.75) is 19.5 Å². The summed E-state index contributed by atoms with van der Waals surface area (Å²) in [5.41, 5.74) is 1.81. The normalized spacial score (nSPS) is 12.3. The second-order valence-electron chi connectivity index (χ2n) is 7.88. The zero-order chi connectivity index (χ0) is 24.9. The first kappa shape index (κ1) is 25.2. The van der Waals surface area contributed by atoms with Crippen LogP contribution in [0, 0.1) is 5.82 Å². The summed E-state index contributed by atoms with van der Waals surface area (Å²) in [4.78, 5) is 12.8. The van der Waals surface area contributed by atoms with Gasteiger partial charge in [-0.3, -0.25) is 9.10 Å². The second kappa shape index (κ2) is 10.7. The van der Waals surface area contributed by atoms with E-state index in [1.165, 1.54) is 32.3 Å². The van der Waals surface area contributed by atoms with Crippen LogP contribution in [-0.2, 0) is 16.8 Å². The molecule has 3 aromatic carbocycles. The molecule has 1 amide bonds. The summed E-state index contributed by atoms with van der Waals surface area (Å²) in [7, 11) is 0.397. The van der Waals surface area contributed by atoms with E-state index >= 15 is 0 Å². The summed E-state index contributed by atoms with van der Waals surface area (Å²) >= 11 is 0. The number of para-hydroxylation sites is 2. The highest BCUT2D eigenvalue weighted by Gasteiger charge is 2.27. The highest BCUT2D eigenvalue weighted by Crippen LogP contribution is 2.26. The van der Waals surface area contributed by atoms with Crippen LogP contribution in [0.15, 0.2) is 72.8 Å². The highest BCUT2D eigenvalue weighted by atomic mass is 32.2. The van der Waals surface area contributed by atoms with Crippen molar-refractivity contribution in [2.24, 2.45) is 0 Å². The van der Waals surface area contributed by atoms with Gasteiger partial charge in [0.05, 0.1) is 25.4 Å². The molecule has 1 N–H and O–H groups in total. The molecule has 0 aliphatic carbocycles. The Hall–Kier alpha value is -3.43. The lowest BCUT2D eigenvalue weighted by Gasteiger charge is -2.27. The average Bonchev–Trinajstić information content (AvgIpc) is 2.83. The van der Waals surface area contributed by atoms with Crippen molar-refractivity contribution in [2.75, 3.05) is 25.5 Å². The molecule has 1 atom stereocenters. The fourth-order valence-electron chi connectivity index (χ4n) is 3.45. The van der Waals surface area contributed by atoms with Crippen molar-refractivity contribution in [3.8, 4) is 5.75 Å². The Balaban J connectivity index is 1.79. The van der Waals surface area contributed by atoms with Gasteiger partial charge >= 0.3 is 10.2 Å². The number of carbonyl (C=O) groups excluding carboxylic acids is 1. The van der Waals surface area contributed by atoms with Gasteiger partial charge in [-0.1, -0.05) is 42.5 Å². The maximum Gasteiger partial charge on any atom is 0.303 e. The summed E-state index contributed by atoms with van der Waals surface area (Å²) in [5.74, 6) is -0.243. The van der Waals surface area contributed by atoms with Gasteiger partial charge in [0.15, 0.2) is 0 Å². The van der Waals surface area contributed by atoms with Gasteiger partial charge in [-0.25, -0.2) is 4.39 Å². The number of benzene rings is 3. The number of nitrogens with one attached hydrogen (secondary N) is 1. The van der Waals surface area contributed by atoms with E-state index in [-0.39, 0.29) is 24.2 Å². The lowest BCUT2D eigenvalue weighted by atomic mass is 10.1. The summed E-state index contributed by atoms with van der Waals surface area (Å²) in [5, 5.41) is 2.94. The zero-order valence-electron chi connectivity index (χ0n) is 19.5. The molecule has 0 radical (unpaired) electrons. The van der Waals surface area contributed by atoms with Gasteiger partial charge < -0.3 is 10.1 Å². The van der Waals surface area contributed by atoms with Gasteiger partial charge in [0.2, 0.25) is 0 Å². The molecule has 0 bridgehead atoms. The SMILES string of the molecule is COc1ccccc1[C@H](C)NC(=O)c1ccc(CN(c2ccccc2F)S(=O)(=O)N(C)C)cc1. The van der Waals surface area contributed by atoms with E-state index in [1.807, 2.05) is 31.2 Å². The third-order valence-electron chi connectivity index (χ3n) is 5.36. The smallest absolute Gasteiger partial charge is 0.303 e. The topological polar surface area (TPSA) is 79.0 Å². The molecule has 0 unspecified atom stereocenters. The summed E-state index contributed by atoms with van der Waals surface area (Å²) in [6.07, 6.45) is 0. The minimum atomic E-state index is -3.96. The molecule has 0 heterocycles. The van der Waals surface area contributed by atoms with Crippen LogP contribution in [0.4, 0.5) is 10.1 Å². The quantitative estimate of drug-likeness (QED) is 0.494. The van der Waals surface area contributed by atoms with E-state index in [0.29, 0.717) is 16.9 Å². The van der Waals surface area contributed by atoms with E-state index in [2.05, 4.69) is 5.32 Å². The zero-order valence-corrected chi connectivity index (χ0v) is 20.3. The van der Waals surface area contributed by atoms with Crippen LogP contribution in [0.25, 0.3) is 0 Å². The Kier molecular flexibility index (Phi) is 7.90. The molecule has 0 aliphatic rings. The van der Waals surface area contributed by atoms with Gasteiger partial charge in [0.1, 0.15) is 11.6 Å². The number of halogens is 1.